The third-order valence-electron chi connectivity index (χ3n) is 5.24. The van der Waals surface area contributed by atoms with Gasteiger partial charge in [0.2, 0.25) is 5.95 Å². The van der Waals surface area contributed by atoms with Gasteiger partial charge in [-0.1, -0.05) is 18.2 Å². The van der Waals surface area contributed by atoms with Crippen molar-refractivity contribution in [3.63, 3.8) is 0 Å². The maximum Gasteiger partial charge on any atom is 0.227 e. The number of halogens is 1. The molecule has 0 spiro atoms. The van der Waals surface area contributed by atoms with Crippen molar-refractivity contribution in [1.82, 2.24) is 9.97 Å². The zero-order valence-electron chi connectivity index (χ0n) is 15.5. The topological polar surface area (TPSA) is 61.7 Å². The third-order valence-corrected chi connectivity index (χ3v) is 5.24. The molecule has 144 valence electrons. The second kappa shape index (κ2) is 7.78. The third kappa shape index (κ3) is 3.89. The maximum atomic E-state index is 14.1. The second-order valence-electron chi connectivity index (χ2n) is 7.18. The summed E-state index contributed by atoms with van der Waals surface area (Å²) in [6.07, 6.45) is 0.619. The van der Waals surface area contributed by atoms with Gasteiger partial charge < -0.3 is 19.6 Å². The Morgan fingerprint density at radius 3 is 2.78 bits per heavy atom. The van der Waals surface area contributed by atoms with Crippen LogP contribution in [0.1, 0.15) is 30.5 Å². The summed E-state index contributed by atoms with van der Waals surface area (Å²) in [5.41, 5.74) is 1.60. The van der Waals surface area contributed by atoms with Gasteiger partial charge in [-0.15, -0.1) is 0 Å². The molecule has 4 rings (SSSR count). The molecule has 0 bridgehead atoms. The van der Waals surface area contributed by atoms with E-state index in [4.69, 9.17) is 14.7 Å². The second-order valence-corrected chi connectivity index (χ2v) is 7.18. The monoisotopic (exact) mass is 372 g/mol. The van der Waals surface area contributed by atoms with Gasteiger partial charge >= 0.3 is 0 Å². The molecule has 6 nitrogen and oxygen atoms in total. The summed E-state index contributed by atoms with van der Waals surface area (Å²) in [5.74, 6) is 1.46. The highest BCUT2D eigenvalue weighted by atomic mass is 19.1. The number of nitrogens with zero attached hydrogens (tertiary/aromatic N) is 4. The predicted molar refractivity (Wildman–Crippen MR) is 102 cm³/mol. The van der Waals surface area contributed by atoms with Crippen molar-refractivity contribution in [3.8, 4) is 0 Å². The zero-order chi connectivity index (χ0) is 18.8. The van der Waals surface area contributed by atoms with Gasteiger partial charge in [0.1, 0.15) is 11.6 Å². The van der Waals surface area contributed by atoms with Crippen molar-refractivity contribution in [3.05, 3.63) is 47.4 Å². The molecule has 1 aromatic heterocycles. The quantitative estimate of drug-likeness (QED) is 0.840. The zero-order valence-corrected chi connectivity index (χ0v) is 15.5. The van der Waals surface area contributed by atoms with Crippen LogP contribution in [0.25, 0.3) is 0 Å². The molecule has 1 atom stereocenters. The van der Waals surface area contributed by atoms with E-state index in [-0.39, 0.29) is 17.8 Å². The van der Waals surface area contributed by atoms with Gasteiger partial charge in [-0.25, -0.2) is 9.37 Å². The van der Waals surface area contributed by atoms with E-state index >= 15 is 0 Å². The molecule has 27 heavy (non-hydrogen) atoms. The number of aliphatic hydroxyl groups excluding tert-OH is 1. The molecule has 1 unspecified atom stereocenters. The molecule has 0 radical (unpaired) electrons. The fraction of sp³-hybridized carbons (Fsp3) is 0.500. The molecule has 2 aromatic rings. The lowest BCUT2D eigenvalue weighted by atomic mass is 10.0. The number of rotatable bonds is 6. The lowest BCUT2D eigenvalue weighted by Gasteiger charge is -2.36. The lowest BCUT2D eigenvalue weighted by molar-refractivity contribution is 0.140. The van der Waals surface area contributed by atoms with E-state index in [1.165, 1.54) is 6.07 Å². The van der Waals surface area contributed by atoms with Crippen LogP contribution in [0.2, 0.25) is 0 Å². The maximum absolute atomic E-state index is 14.1. The first kappa shape index (κ1) is 18.1. The summed E-state index contributed by atoms with van der Waals surface area (Å²) in [4.78, 5) is 13.5. The molecule has 7 heteroatoms. The van der Waals surface area contributed by atoms with Crippen molar-refractivity contribution in [1.29, 1.82) is 0 Å². The normalized spacial score (nSPS) is 20.0. The fourth-order valence-electron chi connectivity index (χ4n) is 3.53. The van der Waals surface area contributed by atoms with E-state index in [0.717, 1.165) is 24.5 Å². The molecule has 0 amide bonds. The summed E-state index contributed by atoms with van der Waals surface area (Å²) >= 11 is 0. The van der Waals surface area contributed by atoms with Gasteiger partial charge in [0, 0.05) is 50.3 Å². The molecular weight excluding hydrogens is 347 g/mol. The number of aromatic nitrogens is 2. The van der Waals surface area contributed by atoms with Crippen LogP contribution in [0.3, 0.4) is 0 Å². The Morgan fingerprint density at radius 2 is 2.11 bits per heavy atom. The van der Waals surface area contributed by atoms with Crippen LogP contribution >= 0.6 is 0 Å². The molecule has 2 saturated heterocycles. The van der Waals surface area contributed by atoms with E-state index in [9.17, 15) is 9.50 Å². The van der Waals surface area contributed by atoms with Crippen LogP contribution in [-0.4, -0.2) is 54.0 Å². The van der Waals surface area contributed by atoms with Crippen molar-refractivity contribution >= 4 is 11.8 Å². The van der Waals surface area contributed by atoms with E-state index in [0.29, 0.717) is 44.3 Å². The molecule has 2 aliphatic heterocycles. The van der Waals surface area contributed by atoms with Crippen LogP contribution in [0, 0.1) is 5.82 Å². The predicted octanol–water partition coefficient (Wildman–Crippen LogP) is 2.33. The molecule has 1 aromatic carbocycles. The Labute approximate surface area is 158 Å². The average Bonchev–Trinajstić information content (AvgIpc) is 3.19. The lowest BCUT2D eigenvalue weighted by Crippen LogP contribution is -2.51. The summed E-state index contributed by atoms with van der Waals surface area (Å²) in [7, 11) is 0. The highest BCUT2D eigenvalue weighted by molar-refractivity contribution is 5.48. The Hall–Kier alpha value is -2.25. The Balaban J connectivity index is 1.65. The molecular formula is C20H25FN4O2. The van der Waals surface area contributed by atoms with Crippen LogP contribution in [0.5, 0.6) is 0 Å². The number of ether oxygens (including phenoxy) is 1. The van der Waals surface area contributed by atoms with Crippen LogP contribution in [0.15, 0.2) is 30.3 Å². The molecule has 2 fully saturated rings. The standard InChI is InChI=1S/C20H25FN4O2/c1-2-24(10-14-5-3-4-6-17(14)21)19-9-18(15-7-8-27-13-15)22-20(23-19)25-11-16(26)12-25/h3-6,9,15-16,26H,2,7-8,10-13H2,1H3. The molecule has 3 heterocycles. The summed E-state index contributed by atoms with van der Waals surface area (Å²) < 4.78 is 19.7. The minimum atomic E-state index is -0.323. The van der Waals surface area contributed by atoms with Crippen LogP contribution in [-0.2, 0) is 11.3 Å². The summed E-state index contributed by atoms with van der Waals surface area (Å²) in [5, 5.41) is 9.64. The minimum Gasteiger partial charge on any atom is -0.389 e. The van der Waals surface area contributed by atoms with Gasteiger partial charge in [0.25, 0.3) is 0 Å². The Bertz CT molecular complexity index is 791. The first-order chi connectivity index (χ1) is 13.1. The van der Waals surface area contributed by atoms with Gasteiger partial charge in [-0.3, -0.25) is 0 Å². The first-order valence-corrected chi connectivity index (χ1v) is 9.52. The highest BCUT2D eigenvalue weighted by Gasteiger charge is 2.29. The van der Waals surface area contributed by atoms with E-state index in [1.807, 2.05) is 24.0 Å². The van der Waals surface area contributed by atoms with Gasteiger partial charge in [0.15, 0.2) is 0 Å². The SMILES string of the molecule is CCN(Cc1ccccc1F)c1cc(C2CCOC2)nc(N2CC(O)C2)n1. The number of anilines is 2. The van der Waals surface area contributed by atoms with Crippen molar-refractivity contribution in [2.45, 2.75) is 31.9 Å². The van der Waals surface area contributed by atoms with Gasteiger partial charge in [0.05, 0.1) is 18.4 Å². The smallest absolute Gasteiger partial charge is 0.227 e. The number of aliphatic hydroxyl groups is 1. The van der Waals surface area contributed by atoms with Crippen molar-refractivity contribution in [2.24, 2.45) is 0 Å². The minimum absolute atomic E-state index is 0.208. The van der Waals surface area contributed by atoms with Crippen LogP contribution in [0.4, 0.5) is 16.2 Å². The largest absolute Gasteiger partial charge is 0.389 e. The summed E-state index contributed by atoms with van der Waals surface area (Å²) in [6.45, 7) is 5.69. The summed E-state index contributed by atoms with van der Waals surface area (Å²) in [6, 6.07) is 8.84. The van der Waals surface area contributed by atoms with Crippen molar-refractivity contribution < 1.29 is 14.2 Å². The number of hydrogen-bond acceptors (Lipinski definition) is 6. The number of hydrogen-bond donors (Lipinski definition) is 1. The Morgan fingerprint density at radius 1 is 1.30 bits per heavy atom. The highest BCUT2D eigenvalue weighted by Crippen LogP contribution is 2.30. The Kier molecular flexibility index (Phi) is 5.22. The molecule has 0 aliphatic carbocycles. The number of β-amino-alcohol motifs (C(OH)–C–C–N with tert-alkyl or cyclic N) is 1. The van der Waals surface area contributed by atoms with E-state index in [1.54, 1.807) is 12.1 Å². The first-order valence-electron chi connectivity index (χ1n) is 9.52. The van der Waals surface area contributed by atoms with Gasteiger partial charge in [-0.2, -0.15) is 4.98 Å². The van der Waals surface area contributed by atoms with Crippen molar-refractivity contribution in [2.75, 3.05) is 42.6 Å². The fourth-order valence-corrected chi connectivity index (χ4v) is 3.53. The molecule has 2 aliphatic rings. The van der Waals surface area contributed by atoms with E-state index < -0.39 is 0 Å². The number of benzene rings is 1. The molecule has 1 N–H and O–H groups in total. The molecule has 0 saturated carbocycles. The van der Waals surface area contributed by atoms with Crippen LogP contribution < -0.4 is 9.80 Å². The van der Waals surface area contributed by atoms with Gasteiger partial charge in [-0.05, 0) is 19.4 Å². The van der Waals surface area contributed by atoms with E-state index in [2.05, 4.69) is 4.90 Å². The average molecular weight is 372 g/mol.